The Morgan fingerprint density at radius 1 is 1.00 bits per heavy atom. The summed E-state index contributed by atoms with van der Waals surface area (Å²) < 4.78 is 1.21. The summed E-state index contributed by atoms with van der Waals surface area (Å²) in [7, 11) is 0. The van der Waals surface area contributed by atoms with Gasteiger partial charge in [0.05, 0.1) is 17.6 Å². The molecule has 0 aliphatic heterocycles. The van der Waals surface area contributed by atoms with Gasteiger partial charge in [0.25, 0.3) is 5.56 Å². The minimum absolute atomic E-state index is 0.00569. The highest BCUT2D eigenvalue weighted by atomic mass is 35.5. The van der Waals surface area contributed by atoms with Crippen LogP contribution < -0.4 is 11.3 Å². The van der Waals surface area contributed by atoms with Crippen molar-refractivity contribution in [1.82, 2.24) is 24.7 Å². The first-order valence-corrected chi connectivity index (χ1v) is 6.21. The van der Waals surface area contributed by atoms with Gasteiger partial charge in [-0.3, -0.25) is 4.79 Å². The predicted octanol–water partition coefficient (Wildman–Crippen LogP) is 1.34. The standard InChI is InChI=1S/C10H8ClN3O.C3H3N3/c11-9-8(12)6-13-14(10(9)15)7-4-2-1-3-5-7;1-4-2-6-3-5-1/h1-6H,12H2;1-3H. The Morgan fingerprint density at radius 3 is 2.10 bits per heavy atom. The molecular weight excluding hydrogens is 292 g/mol. The van der Waals surface area contributed by atoms with Crippen molar-refractivity contribution in [2.45, 2.75) is 0 Å². The quantitative estimate of drug-likeness (QED) is 0.728. The van der Waals surface area contributed by atoms with Crippen LogP contribution in [0.3, 0.4) is 0 Å². The van der Waals surface area contributed by atoms with Crippen LogP contribution in [-0.4, -0.2) is 24.7 Å². The van der Waals surface area contributed by atoms with Gasteiger partial charge < -0.3 is 5.73 Å². The van der Waals surface area contributed by atoms with Crippen molar-refractivity contribution < 1.29 is 0 Å². The van der Waals surface area contributed by atoms with Crippen LogP contribution in [0, 0.1) is 0 Å². The molecule has 21 heavy (non-hydrogen) atoms. The molecule has 0 radical (unpaired) electrons. The normalized spacial score (nSPS) is 9.57. The fourth-order valence-electron chi connectivity index (χ4n) is 1.40. The number of nitrogen functional groups attached to an aromatic ring is 1. The van der Waals surface area contributed by atoms with Crippen molar-refractivity contribution >= 4 is 17.3 Å². The Hall–Kier alpha value is -2.80. The van der Waals surface area contributed by atoms with E-state index in [0.29, 0.717) is 5.69 Å². The lowest BCUT2D eigenvalue weighted by molar-refractivity contribution is 0.809. The van der Waals surface area contributed by atoms with Crippen molar-refractivity contribution in [2.75, 3.05) is 5.73 Å². The van der Waals surface area contributed by atoms with Gasteiger partial charge in [0.2, 0.25) is 0 Å². The zero-order valence-electron chi connectivity index (χ0n) is 10.8. The molecule has 0 amide bonds. The molecule has 106 valence electrons. The molecule has 2 heterocycles. The summed E-state index contributed by atoms with van der Waals surface area (Å²) in [5.41, 5.74) is 5.89. The summed E-state index contributed by atoms with van der Waals surface area (Å²) in [6, 6.07) is 9.01. The van der Waals surface area contributed by atoms with Gasteiger partial charge in [-0.1, -0.05) is 29.8 Å². The van der Waals surface area contributed by atoms with Gasteiger partial charge in [-0.2, -0.15) is 9.78 Å². The number of hydrogen-bond donors (Lipinski definition) is 1. The second-order valence-electron chi connectivity index (χ2n) is 3.76. The van der Waals surface area contributed by atoms with Gasteiger partial charge in [0, 0.05) is 0 Å². The highest BCUT2D eigenvalue weighted by Gasteiger charge is 2.07. The Kier molecular flexibility index (Phi) is 4.94. The first-order valence-electron chi connectivity index (χ1n) is 5.84. The van der Waals surface area contributed by atoms with Crippen molar-refractivity contribution in [1.29, 1.82) is 0 Å². The number of nitrogens with two attached hydrogens (primary N) is 1. The smallest absolute Gasteiger partial charge is 0.292 e. The van der Waals surface area contributed by atoms with E-state index in [4.69, 9.17) is 17.3 Å². The van der Waals surface area contributed by atoms with E-state index in [1.165, 1.54) is 29.9 Å². The number of anilines is 1. The molecule has 0 aliphatic carbocycles. The summed E-state index contributed by atoms with van der Waals surface area (Å²) in [6.07, 6.45) is 5.67. The van der Waals surface area contributed by atoms with Gasteiger partial charge in [-0.15, -0.1) is 0 Å². The minimum Gasteiger partial charge on any atom is -0.396 e. The van der Waals surface area contributed by atoms with Crippen LogP contribution in [0.25, 0.3) is 5.69 Å². The summed E-state index contributed by atoms with van der Waals surface area (Å²) in [6.45, 7) is 0. The Morgan fingerprint density at radius 2 is 1.57 bits per heavy atom. The van der Waals surface area contributed by atoms with Crippen LogP contribution in [0.2, 0.25) is 5.02 Å². The van der Waals surface area contributed by atoms with Gasteiger partial charge in [-0.05, 0) is 12.1 Å². The molecule has 3 rings (SSSR count). The topological polar surface area (TPSA) is 99.6 Å². The second-order valence-corrected chi connectivity index (χ2v) is 4.14. The molecule has 2 N–H and O–H groups in total. The third-order valence-corrected chi connectivity index (χ3v) is 2.73. The van der Waals surface area contributed by atoms with Crippen LogP contribution >= 0.6 is 11.6 Å². The number of benzene rings is 1. The number of rotatable bonds is 1. The number of halogens is 1. The van der Waals surface area contributed by atoms with E-state index >= 15 is 0 Å². The van der Waals surface area contributed by atoms with Crippen LogP contribution in [0.5, 0.6) is 0 Å². The average molecular weight is 303 g/mol. The highest BCUT2D eigenvalue weighted by molar-refractivity contribution is 6.32. The fraction of sp³-hybridized carbons (Fsp3) is 0. The Balaban J connectivity index is 0.000000225. The molecule has 0 unspecified atom stereocenters. The first-order chi connectivity index (χ1) is 10.2. The lowest BCUT2D eigenvalue weighted by Gasteiger charge is -2.04. The molecule has 0 spiro atoms. The predicted molar refractivity (Wildman–Crippen MR) is 79.1 cm³/mol. The maximum absolute atomic E-state index is 11.7. The second kappa shape index (κ2) is 7.11. The van der Waals surface area contributed by atoms with E-state index in [9.17, 15) is 4.79 Å². The van der Waals surface area contributed by atoms with Gasteiger partial charge in [-0.25, -0.2) is 15.0 Å². The zero-order valence-corrected chi connectivity index (χ0v) is 11.6. The number of aromatic nitrogens is 5. The molecule has 0 saturated carbocycles. The van der Waals surface area contributed by atoms with Crippen molar-refractivity contribution in [3.63, 3.8) is 0 Å². The van der Waals surface area contributed by atoms with Crippen LogP contribution in [0.4, 0.5) is 5.69 Å². The highest BCUT2D eigenvalue weighted by Crippen LogP contribution is 2.11. The minimum atomic E-state index is -0.414. The molecule has 0 saturated heterocycles. The van der Waals surface area contributed by atoms with E-state index in [2.05, 4.69) is 20.1 Å². The lowest BCUT2D eigenvalue weighted by Crippen LogP contribution is -2.22. The summed E-state index contributed by atoms with van der Waals surface area (Å²) in [5, 5.41) is 3.90. The molecule has 7 nitrogen and oxygen atoms in total. The van der Waals surface area contributed by atoms with E-state index in [0.717, 1.165) is 0 Å². The third-order valence-electron chi connectivity index (χ3n) is 2.35. The van der Waals surface area contributed by atoms with Crippen molar-refractivity contribution in [3.05, 3.63) is 70.9 Å². The van der Waals surface area contributed by atoms with E-state index in [1.54, 1.807) is 12.1 Å². The summed E-state index contributed by atoms with van der Waals surface area (Å²) in [4.78, 5) is 22.4. The Labute approximate surface area is 125 Å². The zero-order chi connectivity index (χ0) is 15.1. The van der Waals surface area contributed by atoms with Gasteiger partial charge >= 0.3 is 0 Å². The maximum Gasteiger partial charge on any atom is 0.292 e. The largest absolute Gasteiger partial charge is 0.396 e. The molecular formula is C13H11ClN6O. The summed E-state index contributed by atoms with van der Waals surface area (Å²) in [5.74, 6) is 0. The molecule has 0 bridgehead atoms. The Bertz CT molecular complexity index is 721. The van der Waals surface area contributed by atoms with Crippen LogP contribution in [0.1, 0.15) is 0 Å². The van der Waals surface area contributed by atoms with E-state index in [-0.39, 0.29) is 10.7 Å². The van der Waals surface area contributed by atoms with Crippen molar-refractivity contribution in [2.24, 2.45) is 0 Å². The molecule has 3 aromatic rings. The van der Waals surface area contributed by atoms with Gasteiger partial charge in [0.1, 0.15) is 24.0 Å². The number of para-hydroxylation sites is 1. The van der Waals surface area contributed by atoms with Crippen LogP contribution in [-0.2, 0) is 0 Å². The maximum atomic E-state index is 11.7. The lowest BCUT2D eigenvalue weighted by atomic mass is 10.3. The molecule has 0 atom stereocenters. The van der Waals surface area contributed by atoms with E-state index in [1.807, 2.05) is 18.2 Å². The van der Waals surface area contributed by atoms with E-state index < -0.39 is 5.56 Å². The third kappa shape index (κ3) is 3.83. The average Bonchev–Trinajstić information content (AvgIpc) is 2.56. The molecule has 1 aromatic carbocycles. The molecule has 0 fully saturated rings. The number of nitrogens with zero attached hydrogens (tertiary/aromatic N) is 5. The fourth-order valence-corrected chi connectivity index (χ4v) is 1.53. The number of hydrogen-bond acceptors (Lipinski definition) is 6. The van der Waals surface area contributed by atoms with Crippen molar-refractivity contribution in [3.8, 4) is 5.69 Å². The van der Waals surface area contributed by atoms with Gasteiger partial charge in [0.15, 0.2) is 0 Å². The first kappa shape index (κ1) is 14.6. The summed E-state index contributed by atoms with van der Waals surface area (Å²) >= 11 is 5.73. The monoisotopic (exact) mass is 302 g/mol. The van der Waals surface area contributed by atoms with Crippen LogP contribution in [0.15, 0.2) is 60.3 Å². The molecule has 2 aromatic heterocycles. The SMILES string of the molecule is Nc1cnn(-c2ccccc2)c(=O)c1Cl.c1ncncn1. The molecule has 8 heteroatoms. The molecule has 0 aliphatic rings.